The van der Waals surface area contributed by atoms with Gasteiger partial charge in [-0.1, -0.05) is 0 Å². The van der Waals surface area contributed by atoms with Crippen LogP contribution in [0.1, 0.15) is 24.6 Å². The summed E-state index contributed by atoms with van der Waals surface area (Å²) >= 11 is 0. The number of furan rings is 1. The summed E-state index contributed by atoms with van der Waals surface area (Å²) < 4.78 is 27.1. The first-order chi connectivity index (χ1) is 8.47. The number of nitrogens with two attached hydrogens (primary N) is 1. The molecule has 0 fully saturated rings. The molecule has 0 aromatic carbocycles. The van der Waals surface area contributed by atoms with Crippen LogP contribution in [0.15, 0.2) is 28.0 Å². The van der Waals surface area contributed by atoms with Gasteiger partial charge in [0.2, 0.25) is 5.09 Å². The Hall–Kier alpha value is -1.71. The number of H-pyrrole nitrogens is 1. The number of nitrogens with one attached hydrogen (secondary N) is 2. The van der Waals surface area contributed by atoms with Crippen molar-refractivity contribution in [2.75, 3.05) is 0 Å². The molecule has 18 heavy (non-hydrogen) atoms. The second-order valence-electron chi connectivity index (χ2n) is 3.74. The molecule has 0 aliphatic rings. The fourth-order valence-corrected chi connectivity index (χ4v) is 1.86. The summed E-state index contributed by atoms with van der Waals surface area (Å²) in [5, 5.41) is 14.3. The summed E-state index contributed by atoms with van der Waals surface area (Å²) in [6.07, 6.45) is 1.42. The van der Waals surface area contributed by atoms with E-state index < -0.39 is 10.0 Å². The highest BCUT2D eigenvalue weighted by Crippen LogP contribution is 2.13. The molecule has 8 nitrogen and oxygen atoms in total. The van der Waals surface area contributed by atoms with E-state index in [0.717, 1.165) is 0 Å². The van der Waals surface area contributed by atoms with Gasteiger partial charge in [0.1, 0.15) is 17.9 Å². The first-order valence-corrected chi connectivity index (χ1v) is 6.71. The maximum Gasteiger partial charge on any atom is 0.271 e. The van der Waals surface area contributed by atoms with Gasteiger partial charge in [-0.15, -0.1) is 0 Å². The van der Waals surface area contributed by atoms with E-state index in [9.17, 15) is 8.42 Å². The van der Waals surface area contributed by atoms with Crippen molar-refractivity contribution >= 4 is 10.0 Å². The summed E-state index contributed by atoms with van der Waals surface area (Å²) in [4.78, 5) is 4.00. The molecule has 4 N–H and O–H groups in total. The smallest absolute Gasteiger partial charge is 0.271 e. The third-order valence-electron chi connectivity index (χ3n) is 2.34. The highest BCUT2D eigenvalue weighted by atomic mass is 32.2. The predicted molar refractivity (Wildman–Crippen MR) is 61.7 cm³/mol. The van der Waals surface area contributed by atoms with E-state index in [2.05, 4.69) is 20.5 Å². The van der Waals surface area contributed by atoms with E-state index in [0.29, 0.717) is 18.1 Å². The first kappa shape index (κ1) is 12.7. The van der Waals surface area contributed by atoms with Crippen molar-refractivity contribution in [3.8, 4) is 0 Å². The van der Waals surface area contributed by atoms with Gasteiger partial charge in [-0.3, -0.25) is 5.10 Å². The lowest BCUT2D eigenvalue weighted by Gasteiger charge is -2.08. The van der Waals surface area contributed by atoms with Crippen LogP contribution >= 0.6 is 0 Å². The zero-order chi connectivity index (χ0) is 13.2. The van der Waals surface area contributed by atoms with Crippen LogP contribution in [-0.4, -0.2) is 23.6 Å². The molecular formula is C9H13N5O3S. The molecular weight excluding hydrogens is 258 g/mol. The Morgan fingerprint density at radius 1 is 1.56 bits per heavy atom. The van der Waals surface area contributed by atoms with Gasteiger partial charge in [-0.05, 0) is 19.1 Å². The molecule has 0 bridgehead atoms. The Balaban J connectivity index is 1.97. The van der Waals surface area contributed by atoms with E-state index in [1.165, 1.54) is 12.4 Å². The van der Waals surface area contributed by atoms with Gasteiger partial charge in [0.15, 0.2) is 0 Å². The van der Waals surface area contributed by atoms with Gasteiger partial charge >= 0.3 is 0 Å². The summed E-state index contributed by atoms with van der Waals surface area (Å²) in [6, 6.07) is 2.82. The van der Waals surface area contributed by atoms with Crippen LogP contribution < -0.4 is 10.5 Å². The van der Waals surface area contributed by atoms with Crippen LogP contribution in [0.2, 0.25) is 0 Å². The Morgan fingerprint density at radius 2 is 2.33 bits per heavy atom. The summed E-state index contributed by atoms with van der Waals surface area (Å²) in [6.45, 7) is 2.25. The average molecular weight is 271 g/mol. The third-order valence-corrected chi connectivity index (χ3v) is 3.12. The van der Waals surface area contributed by atoms with Crippen LogP contribution in [0.5, 0.6) is 0 Å². The number of hydrogen-bond donors (Lipinski definition) is 3. The number of aromatic amines is 1. The lowest BCUT2D eigenvalue weighted by molar-refractivity contribution is 0.391. The molecule has 2 rings (SSSR count). The third kappa shape index (κ3) is 2.94. The number of hydrogen-bond acceptors (Lipinski definition) is 6. The molecule has 0 saturated carbocycles. The van der Waals surface area contributed by atoms with Crippen molar-refractivity contribution in [1.29, 1.82) is 0 Å². The van der Waals surface area contributed by atoms with E-state index in [-0.39, 0.29) is 11.1 Å². The minimum Gasteiger partial charge on any atom is -0.447 e. The maximum atomic E-state index is 11.0. The number of primary sulfonamides is 1. The highest BCUT2D eigenvalue weighted by Gasteiger charge is 2.14. The summed E-state index contributed by atoms with van der Waals surface area (Å²) in [5.74, 6) is 1.17. The predicted octanol–water partition coefficient (Wildman–Crippen LogP) is -0.104. The molecule has 2 aromatic heterocycles. The number of sulfonamides is 1. The van der Waals surface area contributed by atoms with Gasteiger partial charge in [-0.2, -0.15) is 5.10 Å². The van der Waals surface area contributed by atoms with E-state index >= 15 is 0 Å². The van der Waals surface area contributed by atoms with Crippen LogP contribution in [0.25, 0.3) is 0 Å². The topological polar surface area (TPSA) is 127 Å². The summed E-state index contributed by atoms with van der Waals surface area (Å²) in [5.41, 5.74) is 0. The molecule has 9 heteroatoms. The standard InChI is InChI=1S/C9H13N5O3S/c1-6(9-12-5-13-14-9)11-4-7-2-3-8(17-7)18(10,15)16/h2-3,5-6,11H,4H2,1H3,(H2,10,15,16)(H,12,13,14). The van der Waals surface area contributed by atoms with Crippen molar-refractivity contribution < 1.29 is 12.8 Å². The van der Waals surface area contributed by atoms with E-state index in [1.807, 2.05) is 6.92 Å². The molecule has 2 aromatic rings. The highest BCUT2D eigenvalue weighted by molar-refractivity contribution is 7.89. The van der Waals surface area contributed by atoms with Crippen molar-refractivity contribution in [3.05, 3.63) is 30.0 Å². The molecule has 98 valence electrons. The normalized spacial score (nSPS) is 13.7. The molecule has 1 unspecified atom stereocenters. The molecule has 0 amide bonds. The van der Waals surface area contributed by atoms with Gasteiger partial charge in [0, 0.05) is 0 Å². The lowest BCUT2D eigenvalue weighted by atomic mass is 10.3. The zero-order valence-corrected chi connectivity index (χ0v) is 10.4. The van der Waals surface area contributed by atoms with Gasteiger partial charge in [0.05, 0.1) is 12.6 Å². The monoisotopic (exact) mass is 271 g/mol. The van der Waals surface area contributed by atoms with Gasteiger partial charge < -0.3 is 9.73 Å². The van der Waals surface area contributed by atoms with Gasteiger partial charge in [-0.25, -0.2) is 18.5 Å². The fraction of sp³-hybridized carbons (Fsp3) is 0.333. The lowest BCUT2D eigenvalue weighted by Crippen LogP contribution is -2.19. The molecule has 0 aliphatic carbocycles. The molecule has 0 saturated heterocycles. The van der Waals surface area contributed by atoms with Crippen molar-refractivity contribution in [2.24, 2.45) is 5.14 Å². The molecule has 0 aliphatic heterocycles. The van der Waals surface area contributed by atoms with E-state index in [1.54, 1.807) is 6.07 Å². The number of rotatable bonds is 5. The minimum atomic E-state index is -3.79. The Bertz CT molecular complexity index is 604. The second-order valence-corrected chi connectivity index (χ2v) is 5.23. The van der Waals surface area contributed by atoms with Crippen molar-refractivity contribution in [2.45, 2.75) is 24.6 Å². The Labute approximate surface area is 104 Å². The SMILES string of the molecule is CC(NCc1ccc(S(N)(=O)=O)o1)c1ncn[nH]1. The number of nitrogens with zero attached hydrogens (tertiary/aromatic N) is 2. The quantitative estimate of drug-likeness (QED) is 0.696. The largest absolute Gasteiger partial charge is 0.447 e. The molecule has 0 radical (unpaired) electrons. The van der Waals surface area contributed by atoms with Crippen molar-refractivity contribution in [3.63, 3.8) is 0 Å². The Kier molecular flexibility index (Phi) is 3.45. The average Bonchev–Trinajstić information content (AvgIpc) is 2.96. The summed E-state index contributed by atoms with van der Waals surface area (Å²) in [7, 11) is -3.79. The van der Waals surface area contributed by atoms with Crippen LogP contribution in [0.3, 0.4) is 0 Å². The zero-order valence-electron chi connectivity index (χ0n) is 9.62. The first-order valence-electron chi connectivity index (χ1n) is 5.17. The van der Waals surface area contributed by atoms with E-state index in [4.69, 9.17) is 9.56 Å². The maximum absolute atomic E-state index is 11.0. The second kappa shape index (κ2) is 4.88. The molecule has 2 heterocycles. The van der Waals surface area contributed by atoms with Gasteiger partial charge in [0.25, 0.3) is 10.0 Å². The fourth-order valence-electron chi connectivity index (χ4n) is 1.38. The number of aromatic nitrogens is 3. The van der Waals surface area contributed by atoms with Crippen LogP contribution in [0.4, 0.5) is 0 Å². The van der Waals surface area contributed by atoms with Crippen molar-refractivity contribution in [1.82, 2.24) is 20.5 Å². The van der Waals surface area contributed by atoms with Crippen LogP contribution in [-0.2, 0) is 16.6 Å². The Morgan fingerprint density at radius 3 is 2.89 bits per heavy atom. The molecule has 1 atom stereocenters. The molecule has 0 spiro atoms. The van der Waals surface area contributed by atoms with Crippen LogP contribution in [0, 0.1) is 0 Å². The minimum absolute atomic E-state index is 0.0597.